The van der Waals surface area contributed by atoms with Gasteiger partial charge >= 0.3 is 0 Å². The summed E-state index contributed by atoms with van der Waals surface area (Å²) in [5.74, 6) is 1.61. The highest BCUT2D eigenvalue weighted by molar-refractivity contribution is 6.59. The average molecular weight is 388 g/mol. The van der Waals surface area contributed by atoms with Crippen molar-refractivity contribution in [3.8, 4) is 0 Å². The quantitative estimate of drug-likeness (QED) is 0.406. The van der Waals surface area contributed by atoms with E-state index in [1.54, 1.807) is 0 Å². The molecule has 0 spiro atoms. The molecule has 1 saturated heterocycles. The zero-order valence-electron chi connectivity index (χ0n) is 16.3. The lowest BCUT2D eigenvalue weighted by molar-refractivity contribution is 1.00. The van der Waals surface area contributed by atoms with E-state index in [0.29, 0.717) is 0 Å². The second-order valence-corrected chi connectivity index (χ2v) is 6.84. The topological polar surface area (TPSA) is 31.2 Å². The van der Waals surface area contributed by atoms with E-state index >= 15 is 0 Å². The molecule has 4 aromatic carbocycles. The smallest absolute Gasteiger partial charge is 0.198 e. The second-order valence-electron chi connectivity index (χ2n) is 6.84. The molecule has 0 saturated carbocycles. The molecule has 0 aromatic heterocycles. The monoisotopic (exact) mass is 388 g/mol. The van der Waals surface area contributed by atoms with E-state index in [-0.39, 0.29) is 0 Å². The highest BCUT2D eigenvalue weighted by Crippen LogP contribution is 2.34. The Morgan fingerprint density at radius 3 is 1.00 bits per heavy atom. The number of aliphatic imine (C=N–C) groups is 2. The van der Waals surface area contributed by atoms with E-state index in [1.807, 2.05) is 97.1 Å². The van der Waals surface area contributed by atoms with Gasteiger partial charge in [0.15, 0.2) is 11.7 Å². The summed E-state index contributed by atoms with van der Waals surface area (Å²) in [6.07, 6.45) is 0. The number of amidine groups is 2. The lowest BCUT2D eigenvalue weighted by atomic mass is 10.2. The summed E-state index contributed by atoms with van der Waals surface area (Å²) in [6.45, 7) is 0. The van der Waals surface area contributed by atoms with E-state index < -0.39 is 0 Å². The zero-order chi connectivity index (χ0) is 20.2. The first-order valence-corrected chi connectivity index (χ1v) is 9.88. The molecule has 0 radical (unpaired) electrons. The summed E-state index contributed by atoms with van der Waals surface area (Å²) >= 11 is 0. The lowest BCUT2D eigenvalue weighted by Gasteiger charge is -2.47. The first-order chi connectivity index (χ1) is 14.9. The molecule has 1 aliphatic rings. The third kappa shape index (κ3) is 3.47. The minimum Gasteiger partial charge on any atom is -0.226 e. The van der Waals surface area contributed by atoms with Crippen molar-refractivity contribution < 1.29 is 0 Å². The highest BCUT2D eigenvalue weighted by Gasteiger charge is 2.41. The van der Waals surface area contributed by atoms with Crippen molar-refractivity contribution in [3.63, 3.8) is 0 Å². The van der Waals surface area contributed by atoms with Crippen molar-refractivity contribution in [3.05, 3.63) is 121 Å². The summed E-state index contributed by atoms with van der Waals surface area (Å²) in [5.41, 5.74) is 3.84. The van der Waals surface area contributed by atoms with Crippen LogP contribution < -0.4 is 10.0 Å². The van der Waals surface area contributed by atoms with Gasteiger partial charge in [0.25, 0.3) is 0 Å². The van der Waals surface area contributed by atoms with E-state index in [1.165, 1.54) is 0 Å². The van der Waals surface area contributed by atoms with E-state index in [0.717, 1.165) is 34.4 Å². The van der Waals surface area contributed by atoms with Crippen molar-refractivity contribution >= 4 is 34.4 Å². The Bertz CT molecular complexity index is 1070. The lowest BCUT2D eigenvalue weighted by Crippen LogP contribution is -2.67. The predicted molar refractivity (Wildman–Crippen MR) is 125 cm³/mol. The average Bonchev–Trinajstić information content (AvgIpc) is 2.82. The van der Waals surface area contributed by atoms with Gasteiger partial charge in [-0.2, -0.15) is 0 Å². The molecule has 144 valence electrons. The maximum atomic E-state index is 4.95. The molecule has 30 heavy (non-hydrogen) atoms. The maximum Gasteiger partial charge on any atom is 0.198 e. The first kappa shape index (κ1) is 17.9. The number of hydrogen-bond acceptors (Lipinski definition) is 2. The largest absolute Gasteiger partial charge is 0.226 e. The first-order valence-electron chi connectivity index (χ1n) is 9.88. The van der Waals surface area contributed by atoms with Crippen LogP contribution in [0.25, 0.3) is 0 Å². The molecule has 4 aromatic rings. The summed E-state index contributed by atoms with van der Waals surface area (Å²) in [4.78, 5) is 9.89. The van der Waals surface area contributed by atoms with Crippen LogP contribution in [0, 0.1) is 0 Å². The fraction of sp³-hybridized carbons (Fsp3) is 0. The van der Waals surface area contributed by atoms with E-state index in [4.69, 9.17) is 9.98 Å². The molecule has 0 aliphatic carbocycles. The molecule has 1 fully saturated rings. The van der Waals surface area contributed by atoms with Crippen LogP contribution in [0.5, 0.6) is 0 Å². The minimum atomic E-state index is 0.806. The van der Waals surface area contributed by atoms with Crippen molar-refractivity contribution in [2.24, 2.45) is 9.98 Å². The Kier molecular flexibility index (Phi) is 4.80. The van der Waals surface area contributed by atoms with Crippen LogP contribution in [0.1, 0.15) is 0 Å². The maximum absolute atomic E-state index is 4.95. The van der Waals surface area contributed by atoms with Crippen LogP contribution in [0.4, 0.5) is 22.7 Å². The van der Waals surface area contributed by atoms with Gasteiger partial charge in [0.2, 0.25) is 0 Å². The van der Waals surface area contributed by atoms with Crippen LogP contribution in [-0.2, 0) is 0 Å². The molecule has 0 bridgehead atoms. The fourth-order valence-electron chi connectivity index (χ4n) is 3.39. The van der Waals surface area contributed by atoms with E-state index in [2.05, 4.69) is 34.3 Å². The van der Waals surface area contributed by atoms with Gasteiger partial charge in [-0.25, -0.2) is 20.0 Å². The molecule has 0 unspecified atom stereocenters. The molecular weight excluding hydrogens is 368 g/mol. The Hall–Kier alpha value is -4.18. The molecule has 0 amide bonds. The SMILES string of the molecule is c1ccc(N=C2C(=Nc3ccccc3)N(c3ccccc3)N2c2ccccc2)cc1. The van der Waals surface area contributed by atoms with Crippen molar-refractivity contribution in [1.29, 1.82) is 0 Å². The molecule has 0 atom stereocenters. The number of benzene rings is 4. The summed E-state index contributed by atoms with van der Waals surface area (Å²) in [5, 5.41) is 4.20. The molecule has 1 aliphatic heterocycles. The van der Waals surface area contributed by atoms with Gasteiger partial charge < -0.3 is 0 Å². The Labute approximate surface area is 176 Å². The van der Waals surface area contributed by atoms with Gasteiger partial charge in [0, 0.05) is 0 Å². The summed E-state index contributed by atoms with van der Waals surface area (Å²) in [6, 6.07) is 40.5. The van der Waals surface area contributed by atoms with Gasteiger partial charge in [-0.15, -0.1) is 0 Å². The predicted octanol–water partition coefficient (Wildman–Crippen LogP) is 6.39. The molecule has 4 heteroatoms. The number of para-hydroxylation sites is 4. The standard InChI is InChI=1S/C26H20N4/c1-5-13-21(14-6-1)27-25-26(28-22-15-7-2-8-16-22)30(24-19-11-4-12-20-24)29(25)23-17-9-3-10-18-23/h1-20H. The van der Waals surface area contributed by atoms with Gasteiger partial charge in [-0.3, -0.25) is 0 Å². The number of rotatable bonds is 4. The third-order valence-electron chi connectivity index (χ3n) is 4.79. The number of nitrogens with zero attached hydrogens (tertiary/aromatic N) is 4. The third-order valence-corrected chi connectivity index (χ3v) is 4.79. The Morgan fingerprint density at radius 2 is 0.667 bits per heavy atom. The number of anilines is 2. The minimum absolute atomic E-state index is 0.806. The summed E-state index contributed by atoms with van der Waals surface area (Å²) in [7, 11) is 0. The zero-order valence-corrected chi connectivity index (χ0v) is 16.3. The Morgan fingerprint density at radius 1 is 0.367 bits per heavy atom. The van der Waals surface area contributed by atoms with Gasteiger partial charge in [-0.1, -0.05) is 72.8 Å². The number of hydrogen-bond donors (Lipinski definition) is 0. The van der Waals surface area contributed by atoms with Gasteiger partial charge in [-0.05, 0) is 48.5 Å². The van der Waals surface area contributed by atoms with Gasteiger partial charge in [0.05, 0.1) is 22.7 Å². The molecular formula is C26H20N4. The normalized spacial score (nSPS) is 16.0. The van der Waals surface area contributed by atoms with Crippen molar-refractivity contribution in [1.82, 2.24) is 0 Å². The fourth-order valence-corrected chi connectivity index (χ4v) is 3.39. The van der Waals surface area contributed by atoms with Crippen LogP contribution in [0.15, 0.2) is 131 Å². The van der Waals surface area contributed by atoms with Crippen LogP contribution in [0.2, 0.25) is 0 Å². The van der Waals surface area contributed by atoms with Crippen LogP contribution in [-0.4, -0.2) is 11.7 Å². The van der Waals surface area contributed by atoms with Crippen molar-refractivity contribution in [2.75, 3.05) is 10.0 Å². The highest BCUT2D eigenvalue weighted by atomic mass is 15.7. The second kappa shape index (κ2) is 8.05. The van der Waals surface area contributed by atoms with Crippen LogP contribution >= 0.6 is 0 Å². The van der Waals surface area contributed by atoms with Crippen molar-refractivity contribution in [2.45, 2.75) is 0 Å². The van der Waals surface area contributed by atoms with Gasteiger partial charge in [0.1, 0.15) is 0 Å². The molecule has 5 rings (SSSR count). The number of hydrazine groups is 1. The Balaban J connectivity index is 1.68. The molecule has 4 nitrogen and oxygen atoms in total. The van der Waals surface area contributed by atoms with Crippen LogP contribution in [0.3, 0.4) is 0 Å². The molecule has 1 heterocycles. The molecule has 0 N–H and O–H groups in total. The van der Waals surface area contributed by atoms with E-state index in [9.17, 15) is 0 Å². The summed E-state index contributed by atoms with van der Waals surface area (Å²) < 4.78 is 0.